The van der Waals surface area contributed by atoms with Crippen LogP contribution in [0.25, 0.3) is 0 Å². The minimum absolute atomic E-state index is 0.0696. The predicted molar refractivity (Wildman–Crippen MR) is 66.4 cm³/mol. The zero-order valence-corrected chi connectivity index (χ0v) is 11.0. The topological polar surface area (TPSA) is 38.5 Å². The number of hydrogen-bond donors (Lipinski definition) is 1. The van der Waals surface area contributed by atoms with Gasteiger partial charge in [0.05, 0.1) is 13.2 Å². The molecule has 0 aromatic heterocycles. The van der Waals surface area contributed by atoms with E-state index >= 15 is 0 Å². The molecular formula is C13H26N2O. The van der Waals surface area contributed by atoms with Gasteiger partial charge < -0.3 is 15.4 Å². The fourth-order valence-corrected chi connectivity index (χ4v) is 3.42. The van der Waals surface area contributed by atoms with Crippen molar-refractivity contribution in [3.63, 3.8) is 0 Å². The number of rotatable bonds is 3. The van der Waals surface area contributed by atoms with Crippen LogP contribution in [0.4, 0.5) is 0 Å². The molecule has 2 aliphatic rings. The van der Waals surface area contributed by atoms with Crippen LogP contribution in [-0.4, -0.2) is 43.8 Å². The van der Waals surface area contributed by atoms with Crippen molar-refractivity contribution in [2.75, 3.05) is 33.4 Å². The lowest BCUT2D eigenvalue weighted by Crippen LogP contribution is -2.57. The molecule has 3 heteroatoms. The zero-order valence-electron chi connectivity index (χ0n) is 11.0. The Labute approximate surface area is 99.3 Å². The predicted octanol–water partition coefficient (Wildman–Crippen LogP) is 1.47. The zero-order chi connectivity index (χ0) is 11.8. The Balaban J connectivity index is 2.03. The van der Waals surface area contributed by atoms with Crippen molar-refractivity contribution in [1.82, 2.24) is 4.90 Å². The Kier molecular flexibility index (Phi) is 3.30. The molecule has 2 N–H and O–H groups in total. The molecule has 2 saturated heterocycles. The highest BCUT2D eigenvalue weighted by molar-refractivity contribution is 4.98. The van der Waals surface area contributed by atoms with Gasteiger partial charge in [-0.3, -0.25) is 0 Å². The summed E-state index contributed by atoms with van der Waals surface area (Å²) < 4.78 is 5.50. The average Bonchev–Trinajstić information content (AvgIpc) is 2.10. The molecule has 1 unspecified atom stereocenters. The van der Waals surface area contributed by atoms with E-state index < -0.39 is 0 Å². The highest BCUT2D eigenvalue weighted by Gasteiger charge is 2.48. The van der Waals surface area contributed by atoms with Gasteiger partial charge in [-0.05, 0) is 52.6 Å². The summed E-state index contributed by atoms with van der Waals surface area (Å²) in [7, 11) is 2.23. The Bertz CT molecular complexity index is 243. The lowest BCUT2D eigenvalue weighted by atomic mass is 9.65. The minimum atomic E-state index is -0.0696. The van der Waals surface area contributed by atoms with Crippen molar-refractivity contribution >= 4 is 0 Å². The summed E-state index contributed by atoms with van der Waals surface area (Å²) in [5.74, 6) is 0.780. The standard InChI is InChI=1S/C13H26N2O/c1-12(2,14)8-13(9-16-10-13)11-5-4-6-15(3)7-11/h11H,4-10,14H2,1-3H3. The summed E-state index contributed by atoms with van der Waals surface area (Å²) >= 11 is 0. The van der Waals surface area contributed by atoms with Crippen molar-refractivity contribution in [1.29, 1.82) is 0 Å². The highest BCUT2D eigenvalue weighted by atomic mass is 16.5. The molecule has 0 amide bonds. The van der Waals surface area contributed by atoms with E-state index in [2.05, 4.69) is 25.8 Å². The molecule has 16 heavy (non-hydrogen) atoms. The van der Waals surface area contributed by atoms with Gasteiger partial charge in [0.2, 0.25) is 0 Å². The highest BCUT2D eigenvalue weighted by Crippen LogP contribution is 2.45. The quantitative estimate of drug-likeness (QED) is 0.792. The van der Waals surface area contributed by atoms with Crippen molar-refractivity contribution in [2.45, 2.75) is 38.6 Å². The van der Waals surface area contributed by atoms with Gasteiger partial charge >= 0.3 is 0 Å². The van der Waals surface area contributed by atoms with Gasteiger partial charge in [-0.1, -0.05) is 0 Å². The summed E-state index contributed by atoms with van der Waals surface area (Å²) in [6.45, 7) is 8.59. The number of likely N-dealkylation sites (tertiary alicyclic amines) is 1. The van der Waals surface area contributed by atoms with Gasteiger partial charge in [0, 0.05) is 17.5 Å². The van der Waals surface area contributed by atoms with Crippen LogP contribution >= 0.6 is 0 Å². The van der Waals surface area contributed by atoms with Crippen LogP contribution in [0.3, 0.4) is 0 Å². The molecule has 2 fully saturated rings. The fourth-order valence-electron chi connectivity index (χ4n) is 3.42. The van der Waals surface area contributed by atoms with Crippen LogP contribution in [0.2, 0.25) is 0 Å². The molecule has 0 radical (unpaired) electrons. The van der Waals surface area contributed by atoms with Crippen molar-refractivity contribution in [2.24, 2.45) is 17.1 Å². The van der Waals surface area contributed by atoms with Crippen molar-refractivity contribution < 1.29 is 4.74 Å². The van der Waals surface area contributed by atoms with E-state index in [1.54, 1.807) is 0 Å². The van der Waals surface area contributed by atoms with Gasteiger partial charge in [-0.25, -0.2) is 0 Å². The first kappa shape index (κ1) is 12.3. The first-order valence-corrected chi connectivity index (χ1v) is 6.47. The summed E-state index contributed by atoms with van der Waals surface area (Å²) in [5, 5.41) is 0. The lowest BCUT2D eigenvalue weighted by molar-refractivity contribution is -0.166. The third-order valence-corrected chi connectivity index (χ3v) is 4.08. The number of nitrogens with two attached hydrogens (primary N) is 1. The maximum absolute atomic E-state index is 6.20. The molecule has 3 nitrogen and oxygen atoms in total. The third-order valence-electron chi connectivity index (χ3n) is 4.08. The summed E-state index contributed by atoms with van der Waals surface area (Å²) in [4.78, 5) is 2.46. The van der Waals surface area contributed by atoms with Crippen molar-refractivity contribution in [3.8, 4) is 0 Å². The molecule has 2 aliphatic heterocycles. The van der Waals surface area contributed by atoms with Crippen LogP contribution in [0.5, 0.6) is 0 Å². The van der Waals surface area contributed by atoms with E-state index in [9.17, 15) is 0 Å². The van der Waals surface area contributed by atoms with E-state index in [1.165, 1.54) is 25.9 Å². The fraction of sp³-hybridized carbons (Fsp3) is 1.00. The average molecular weight is 226 g/mol. The number of nitrogens with zero attached hydrogens (tertiary/aromatic N) is 1. The van der Waals surface area contributed by atoms with Crippen LogP contribution in [0, 0.1) is 11.3 Å². The number of piperidine rings is 1. The van der Waals surface area contributed by atoms with Crippen molar-refractivity contribution in [3.05, 3.63) is 0 Å². The SMILES string of the molecule is CN1CCCC(C2(CC(C)(C)N)COC2)C1. The van der Waals surface area contributed by atoms with E-state index in [1.807, 2.05) is 0 Å². The monoisotopic (exact) mass is 226 g/mol. The second kappa shape index (κ2) is 4.28. The molecule has 2 rings (SSSR count). The minimum Gasteiger partial charge on any atom is -0.380 e. The molecule has 1 atom stereocenters. The third kappa shape index (κ3) is 2.58. The van der Waals surface area contributed by atoms with E-state index in [0.29, 0.717) is 5.41 Å². The molecular weight excluding hydrogens is 200 g/mol. The van der Waals surface area contributed by atoms with Crippen LogP contribution in [-0.2, 0) is 4.74 Å². The summed E-state index contributed by atoms with van der Waals surface area (Å²) in [6.07, 6.45) is 3.77. The smallest absolute Gasteiger partial charge is 0.0548 e. The molecule has 0 aliphatic carbocycles. The lowest BCUT2D eigenvalue weighted by Gasteiger charge is -2.52. The molecule has 94 valence electrons. The molecule has 0 saturated carbocycles. The normalized spacial score (nSPS) is 31.1. The Morgan fingerprint density at radius 3 is 2.56 bits per heavy atom. The second-order valence-electron chi connectivity index (χ2n) is 6.62. The second-order valence-corrected chi connectivity index (χ2v) is 6.62. The Hall–Kier alpha value is -0.120. The molecule has 2 heterocycles. The van der Waals surface area contributed by atoms with E-state index in [-0.39, 0.29) is 5.54 Å². The van der Waals surface area contributed by atoms with Gasteiger partial charge in [0.1, 0.15) is 0 Å². The van der Waals surface area contributed by atoms with Gasteiger partial charge in [0.15, 0.2) is 0 Å². The van der Waals surface area contributed by atoms with Gasteiger partial charge in [-0.15, -0.1) is 0 Å². The summed E-state index contributed by atoms with van der Waals surface area (Å²) in [5.41, 5.74) is 6.50. The van der Waals surface area contributed by atoms with Crippen LogP contribution < -0.4 is 5.73 Å². The maximum atomic E-state index is 6.20. The van der Waals surface area contributed by atoms with E-state index in [0.717, 1.165) is 25.6 Å². The summed E-state index contributed by atoms with van der Waals surface area (Å²) in [6, 6.07) is 0. The van der Waals surface area contributed by atoms with Crippen LogP contribution in [0.15, 0.2) is 0 Å². The number of hydrogen-bond acceptors (Lipinski definition) is 3. The Morgan fingerprint density at radius 2 is 2.12 bits per heavy atom. The molecule has 0 aromatic carbocycles. The molecule has 0 aromatic rings. The Morgan fingerprint density at radius 1 is 1.44 bits per heavy atom. The van der Waals surface area contributed by atoms with Gasteiger partial charge in [0.25, 0.3) is 0 Å². The maximum Gasteiger partial charge on any atom is 0.0548 e. The molecule has 0 bridgehead atoms. The first-order chi connectivity index (χ1) is 7.41. The van der Waals surface area contributed by atoms with Crippen LogP contribution in [0.1, 0.15) is 33.1 Å². The molecule has 0 spiro atoms. The van der Waals surface area contributed by atoms with Gasteiger partial charge in [-0.2, -0.15) is 0 Å². The van der Waals surface area contributed by atoms with E-state index in [4.69, 9.17) is 10.5 Å². The first-order valence-electron chi connectivity index (χ1n) is 6.47. The largest absolute Gasteiger partial charge is 0.380 e. The number of ether oxygens (including phenoxy) is 1.